The largest absolute Gasteiger partial charge is 0.325 e. The molecule has 0 heterocycles. The SMILES string of the molecule is CC.CC/C=C\C(C)N. The van der Waals surface area contributed by atoms with Gasteiger partial charge in [0.05, 0.1) is 0 Å². The molecule has 0 aromatic heterocycles. The highest BCUT2D eigenvalue weighted by Crippen LogP contribution is 1.81. The van der Waals surface area contributed by atoms with E-state index in [1.807, 2.05) is 26.8 Å². The van der Waals surface area contributed by atoms with Gasteiger partial charge in [0.2, 0.25) is 0 Å². The summed E-state index contributed by atoms with van der Waals surface area (Å²) in [5.41, 5.74) is 5.39. The Labute approximate surface area is 58.9 Å². The van der Waals surface area contributed by atoms with Gasteiger partial charge in [-0.05, 0) is 13.3 Å². The average Bonchev–Trinajstić information content (AvgIpc) is 1.88. The summed E-state index contributed by atoms with van der Waals surface area (Å²) in [6, 6.07) is 0.222. The second kappa shape index (κ2) is 10.6. The monoisotopic (exact) mass is 129 g/mol. The molecule has 0 aromatic carbocycles. The normalized spacial score (nSPS) is 12.6. The van der Waals surface area contributed by atoms with Crippen molar-refractivity contribution in [3.63, 3.8) is 0 Å². The molecule has 0 saturated heterocycles. The zero-order valence-corrected chi connectivity index (χ0v) is 7.02. The van der Waals surface area contributed by atoms with Crippen LogP contribution in [-0.2, 0) is 0 Å². The third-order valence-electron chi connectivity index (χ3n) is 0.675. The van der Waals surface area contributed by atoms with E-state index in [1.165, 1.54) is 0 Å². The van der Waals surface area contributed by atoms with Crippen molar-refractivity contribution in [2.45, 2.75) is 40.2 Å². The van der Waals surface area contributed by atoms with E-state index in [2.05, 4.69) is 13.0 Å². The Bertz CT molecular complexity index is 55.6. The molecule has 0 aliphatic heterocycles. The van der Waals surface area contributed by atoms with Crippen LogP contribution in [0.15, 0.2) is 12.2 Å². The highest BCUT2D eigenvalue weighted by atomic mass is 14.6. The van der Waals surface area contributed by atoms with Crippen molar-refractivity contribution < 1.29 is 0 Å². The van der Waals surface area contributed by atoms with Gasteiger partial charge in [-0.25, -0.2) is 0 Å². The van der Waals surface area contributed by atoms with Gasteiger partial charge in [-0.3, -0.25) is 0 Å². The molecular weight excluding hydrogens is 110 g/mol. The van der Waals surface area contributed by atoms with Gasteiger partial charge in [0.15, 0.2) is 0 Å². The number of nitrogens with two attached hydrogens (primary N) is 1. The van der Waals surface area contributed by atoms with Crippen LogP contribution in [0, 0.1) is 0 Å². The third kappa shape index (κ3) is 18.3. The van der Waals surface area contributed by atoms with Crippen molar-refractivity contribution >= 4 is 0 Å². The van der Waals surface area contributed by atoms with E-state index >= 15 is 0 Å². The maximum absolute atomic E-state index is 5.39. The molecule has 0 bridgehead atoms. The number of hydrogen-bond donors (Lipinski definition) is 1. The van der Waals surface area contributed by atoms with E-state index < -0.39 is 0 Å². The van der Waals surface area contributed by atoms with E-state index in [1.54, 1.807) is 0 Å². The number of rotatable bonds is 2. The summed E-state index contributed by atoms with van der Waals surface area (Å²) < 4.78 is 0. The van der Waals surface area contributed by atoms with Crippen molar-refractivity contribution in [2.75, 3.05) is 0 Å². The summed E-state index contributed by atoms with van der Waals surface area (Å²) in [6.45, 7) is 8.06. The fourth-order valence-electron chi connectivity index (χ4n) is 0.351. The van der Waals surface area contributed by atoms with Crippen LogP contribution in [0.2, 0.25) is 0 Å². The average molecular weight is 129 g/mol. The van der Waals surface area contributed by atoms with Gasteiger partial charge in [0.25, 0.3) is 0 Å². The van der Waals surface area contributed by atoms with Crippen LogP contribution in [0.4, 0.5) is 0 Å². The molecule has 56 valence electrons. The Hall–Kier alpha value is -0.300. The summed E-state index contributed by atoms with van der Waals surface area (Å²) >= 11 is 0. The first kappa shape index (κ1) is 11.5. The molecule has 1 nitrogen and oxygen atoms in total. The molecule has 0 rings (SSSR count). The van der Waals surface area contributed by atoms with Gasteiger partial charge in [-0.1, -0.05) is 32.9 Å². The van der Waals surface area contributed by atoms with Gasteiger partial charge >= 0.3 is 0 Å². The lowest BCUT2D eigenvalue weighted by Gasteiger charge is -1.90. The molecule has 0 saturated carbocycles. The minimum atomic E-state index is 0.222. The van der Waals surface area contributed by atoms with Crippen molar-refractivity contribution in [2.24, 2.45) is 5.73 Å². The molecule has 0 aliphatic rings. The van der Waals surface area contributed by atoms with Gasteiger partial charge < -0.3 is 5.73 Å². The first-order valence-corrected chi connectivity index (χ1v) is 3.69. The highest BCUT2D eigenvalue weighted by Gasteiger charge is 1.78. The van der Waals surface area contributed by atoms with Crippen molar-refractivity contribution in [3.05, 3.63) is 12.2 Å². The first-order chi connectivity index (χ1) is 4.27. The fraction of sp³-hybridized carbons (Fsp3) is 0.750. The predicted octanol–water partition coefficient (Wildman–Crippen LogP) is 2.33. The van der Waals surface area contributed by atoms with E-state index in [0.717, 1.165) is 6.42 Å². The summed E-state index contributed by atoms with van der Waals surface area (Å²) in [5, 5.41) is 0. The Morgan fingerprint density at radius 3 is 2.00 bits per heavy atom. The molecule has 9 heavy (non-hydrogen) atoms. The van der Waals surface area contributed by atoms with E-state index in [9.17, 15) is 0 Å². The zero-order valence-electron chi connectivity index (χ0n) is 7.02. The molecule has 0 spiro atoms. The van der Waals surface area contributed by atoms with Crippen LogP contribution in [-0.4, -0.2) is 6.04 Å². The lowest BCUT2D eigenvalue weighted by molar-refractivity contribution is 0.918. The topological polar surface area (TPSA) is 26.0 Å². The van der Waals surface area contributed by atoms with Crippen LogP contribution in [0.1, 0.15) is 34.1 Å². The van der Waals surface area contributed by atoms with Crippen molar-refractivity contribution in [1.29, 1.82) is 0 Å². The fourth-order valence-corrected chi connectivity index (χ4v) is 0.351. The van der Waals surface area contributed by atoms with E-state index in [0.29, 0.717) is 0 Å². The first-order valence-electron chi connectivity index (χ1n) is 3.69. The van der Waals surface area contributed by atoms with Crippen LogP contribution < -0.4 is 5.73 Å². The number of hydrogen-bond acceptors (Lipinski definition) is 1. The van der Waals surface area contributed by atoms with Gasteiger partial charge in [0.1, 0.15) is 0 Å². The van der Waals surface area contributed by atoms with Crippen LogP contribution >= 0.6 is 0 Å². The standard InChI is InChI=1S/C6H13N.C2H6/c1-3-4-5-6(2)7;1-2/h4-6H,3,7H2,1-2H3;1-2H3/b5-4-;. The van der Waals surface area contributed by atoms with Gasteiger partial charge in [-0.15, -0.1) is 0 Å². The van der Waals surface area contributed by atoms with E-state index in [4.69, 9.17) is 5.73 Å². The van der Waals surface area contributed by atoms with E-state index in [-0.39, 0.29) is 6.04 Å². The summed E-state index contributed by atoms with van der Waals surface area (Å²) in [7, 11) is 0. The highest BCUT2D eigenvalue weighted by molar-refractivity contribution is 4.87. The predicted molar refractivity (Wildman–Crippen MR) is 44.4 cm³/mol. The lowest BCUT2D eigenvalue weighted by Crippen LogP contribution is -2.09. The Morgan fingerprint density at radius 2 is 1.89 bits per heavy atom. The Kier molecular flexibility index (Phi) is 13.6. The maximum Gasteiger partial charge on any atom is 0.0194 e. The maximum atomic E-state index is 5.39. The zero-order chi connectivity index (χ0) is 7.70. The van der Waals surface area contributed by atoms with Crippen LogP contribution in [0.25, 0.3) is 0 Å². The molecule has 0 aromatic rings. The molecule has 0 radical (unpaired) electrons. The second-order valence-corrected chi connectivity index (χ2v) is 1.70. The van der Waals surface area contributed by atoms with Gasteiger partial charge in [0, 0.05) is 6.04 Å². The van der Waals surface area contributed by atoms with Crippen molar-refractivity contribution in [1.82, 2.24) is 0 Å². The smallest absolute Gasteiger partial charge is 0.0194 e. The Balaban J connectivity index is 0. The minimum absolute atomic E-state index is 0.222. The third-order valence-corrected chi connectivity index (χ3v) is 0.675. The molecular formula is C8H19N. The number of allylic oxidation sites excluding steroid dienone is 1. The minimum Gasteiger partial charge on any atom is -0.325 e. The molecule has 2 N–H and O–H groups in total. The van der Waals surface area contributed by atoms with Crippen molar-refractivity contribution in [3.8, 4) is 0 Å². The molecule has 0 amide bonds. The molecule has 0 fully saturated rings. The summed E-state index contributed by atoms with van der Waals surface area (Å²) in [4.78, 5) is 0. The lowest BCUT2D eigenvalue weighted by atomic mass is 10.3. The Morgan fingerprint density at radius 1 is 1.44 bits per heavy atom. The van der Waals surface area contributed by atoms with Crippen LogP contribution in [0.5, 0.6) is 0 Å². The molecule has 1 atom stereocenters. The van der Waals surface area contributed by atoms with Crippen LogP contribution in [0.3, 0.4) is 0 Å². The molecule has 1 heteroatoms. The second-order valence-electron chi connectivity index (χ2n) is 1.70. The molecule has 1 unspecified atom stereocenters. The van der Waals surface area contributed by atoms with Gasteiger partial charge in [-0.2, -0.15) is 0 Å². The molecule has 0 aliphatic carbocycles. The quantitative estimate of drug-likeness (QED) is 0.569. The summed E-state index contributed by atoms with van der Waals surface area (Å²) in [5.74, 6) is 0. The summed E-state index contributed by atoms with van der Waals surface area (Å²) in [6.07, 6.45) is 5.16.